The fraction of sp³-hybridized carbons (Fsp3) is 0.286. The standard InChI is InChI=1S/C14H13BrF3NS/c1-2-10-4-5-11(20-10)8-19-13-7-9(14(16,17)18)3-6-12(13)15/h3-7,19H,2,8H2,1H3. The van der Waals surface area contributed by atoms with Crippen molar-refractivity contribution >= 4 is 33.0 Å². The third-order valence-corrected chi connectivity index (χ3v) is 4.73. The minimum Gasteiger partial charge on any atom is -0.379 e. The van der Waals surface area contributed by atoms with E-state index < -0.39 is 11.7 Å². The van der Waals surface area contributed by atoms with Gasteiger partial charge in [0, 0.05) is 26.5 Å². The van der Waals surface area contributed by atoms with Crippen LogP contribution in [-0.4, -0.2) is 0 Å². The average Bonchev–Trinajstić information content (AvgIpc) is 2.84. The second-order valence-electron chi connectivity index (χ2n) is 4.27. The molecule has 1 heterocycles. The van der Waals surface area contributed by atoms with Crippen molar-refractivity contribution in [1.82, 2.24) is 0 Å². The van der Waals surface area contributed by atoms with Crippen LogP contribution in [0.2, 0.25) is 0 Å². The van der Waals surface area contributed by atoms with Crippen molar-refractivity contribution in [3.63, 3.8) is 0 Å². The smallest absolute Gasteiger partial charge is 0.379 e. The zero-order valence-electron chi connectivity index (χ0n) is 10.7. The van der Waals surface area contributed by atoms with E-state index in [1.807, 2.05) is 12.1 Å². The number of halogens is 4. The van der Waals surface area contributed by atoms with Crippen LogP contribution in [0.3, 0.4) is 0 Å². The SMILES string of the molecule is CCc1ccc(CNc2cc(C(F)(F)F)ccc2Br)s1. The second-order valence-corrected chi connectivity index (χ2v) is 6.37. The maximum absolute atomic E-state index is 12.7. The third-order valence-electron chi connectivity index (χ3n) is 2.81. The summed E-state index contributed by atoms with van der Waals surface area (Å²) < 4.78 is 38.6. The topological polar surface area (TPSA) is 12.0 Å². The van der Waals surface area contributed by atoms with Gasteiger partial charge in [-0.2, -0.15) is 13.2 Å². The summed E-state index contributed by atoms with van der Waals surface area (Å²) >= 11 is 4.93. The molecule has 0 spiro atoms. The van der Waals surface area contributed by atoms with Crippen LogP contribution in [0.4, 0.5) is 18.9 Å². The summed E-state index contributed by atoms with van der Waals surface area (Å²) in [5.41, 5.74) is -0.199. The van der Waals surface area contributed by atoms with Crippen LogP contribution in [0, 0.1) is 0 Å². The van der Waals surface area contributed by atoms with E-state index in [-0.39, 0.29) is 0 Å². The largest absolute Gasteiger partial charge is 0.416 e. The van der Waals surface area contributed by atoms with Crippen LogP contribution >= 0.6 is 27.3 Å². The predicted octanol–water partition coefficient (Wildman–Crippen LogP) is 5.70. The lowest BCUT2D eigenvalue weighted by atomic mass is 10.2. The lowest BCUT2D eigenvalue weighted by Crippen LogP contribution is -2.06. The van der Waals surface area contributed by atoms with Crippen molar-refractivity contribution in [2.75, 3.05) is 5.32 Å². The lowest BCUT2D eigenvalue weighted by molar-refractivity contribution is -0.137. The maximum atomic E-state index is 12.7. The molecule has 0 saturated carbocycles. The van der Waals surface area contributed by atoms with Crippen LogP contribution in [-0.2, 0) is 19.1 Å². The third kappa shape index (κ3) is 3.76. The fourth-order valence-electron chi connectivity index (χ4n) is 1.73. The molecule has 2 aromatic rings. The van der Waals surface area contributed by atoms with Crippen molar-refractivity contribution in [3.8, 4) is 0 Å². The van der Waals surface area contributed by atoms with Crippen LogP contribution in [0.5, 0.6) is 0 Å². The van der Waals surface area contributed by atoms with Crippen molar-refractivity contribution < 1.29 is 13.2 Å². The van der Waals surface area contributed by atoms with Gasteiger partial charge in [-0.3, -0.25) is 0 Å². The maximum Gasteiger partial charge on any atom is 0.416 e. The number of nitrogens with one attached hydrogen (secondary N) is 1. The van der Waals surface area contributed by atoms with Gasteiger partial charge in [0.05, 0.1) is 5.56 Å². The summed E-state index contributed by atoms with van der Waals surface area (Å²) in [6, 6.07) is 7.64. The van der Waals surface area contributed by atoms with E-state index in [0.29, 0.717) is 16.7 Å². The van der Waals surface area contributed by atoms with Gasteiger partial charge >= 0.3 is 6.18 Å². The van der Waals surface area contributed by atoms with Gasteiger partial charge in [0.2, 0.25) is 0 Å². The first-order valence-electron chi connectivity index (χ1n) is 6.08. The Bertz CT molecular complexity index is 592. The van der Waals surface area contributed by atoms with E-state index in [1.165, 1.54) is 10.9 Å². The number of thiophene rings is 1. The number of alkyl halides is 3. The molecule has 0 aliphatic carbocycles. The Morgan fingerprint density at radius 3 is 2.45 bits per heavy atom. The molecule has 0 unspecified atom stereocenters. The highest BCUT2D eigenvalue weighted by molar-refractivity contribution is 9.10. The monoisotopic (exact) mass is 363 g/mol. The van der Waals surface area contributed by atoms with Crippen molar-refractivity contribution in [1.29, 1.82) is 0 Å². The molecule has 108 valence electrons. The second kappa shape index (κ2) is 6.18. The highest BCUT2D eigenvalue weighted by Crippen LogP contribution is 2.34. The van der Waals surface area contributed by atoms with Crippen LogP contribution in [0.1, 0.15) is 22.2 Å². The van der Waals surface area contributed by atoms with Crippen LogP contribution in [0.15, 0.2) is 34.8 Å². The molecule has 1 nitrogen and oxygen atoms in total. The fourth-order valence-corrected chi connectivity index (χ4v) is 3.01. The summed E-state index contributed by atoms with van der Waals surface area (Å²) in [7, 11) is 0. The molecule has 1 aromatic heterocycles. The molecule has 0 amide bonds. The van der Waals surface area contributed by atoms with E-state index in [4.69, 9.17) is 0 Å². The highest BCUT2D eigenvalue weighted by Gasteiger charge is 2.30. The van der Waals surface area contributed by atoms with Crippen LogP contribution < -0.4 is 5.32 Å². The zero-order chi connectivity index (χ0) is 14.8. The molecule has 1 N–H and O–H groups in total. The van der Waals surface area contributed by atoms with Gasteiger partial charge in [-0.05, 0) is 52.7 Å². The van der Waals surface area contributed by atoms with Gasteiger partial charge in [0.15, 0.2) is 0 Å². The predicted molar refractivity (Wildman–Crippen MR) is 80.2 cm³/mol. The Hall–Kier alpha value is -1.01. The summed E-state index contributed by atoms with van der Waals surface area (Å²) in [6.45, 7) is 2.59. The van der Waals surface area contributed by atoms with Gasteiger partial charge in [0.1, 0.15) is 0 Å². The van der Waals surface area contributed by atoms with Gasteiger partial charge in [-0.15, -0.1) is 11.3 Å². The van der Waals surface area contributed by atoms with E-state index in [1.54, 1.807) is 11.3 Å². The Morgan fingerprint density at radius 1 is 1.15 bits per heavy atom. The molecule has 0 atom stereocenters. The molecule has 0 bridgehead atoms. The molecular formula is C14H13BrF3NS. The molecule has 1 aromatic carbocycles. The van der Waals surface area contributed by atoms with Gasteiger partial charge in [-0.1, -0.05) is 6.92 Å². The molecule has 0 fully saturated rings. The molecule has 0 saturated heterocycles. The number of rotatable bonds is 4. The molecule has 0 radical (unpaired) electrons. The van der Waals surface area contributed by atoms with Crippen molar-refractivity contribution in [2.45, 2.75) is 26.1 Å². The van der Waals surface area contributed by atoms with Gasteiger partial charge < -0.3 is 5.32 Å². The number of aryl methyl sites for hydroxylation is 1. The minimum atomic E-state index is -4.32. The summed E-state index contributed by atoms with van der Waals surface area (Å²) in [4.78, 5) is 2.37. The molecule has 2 rings (SSSR count). The van der Waals surface area contributed by atoms with Gasteiger partial charge in [-0.25, -0.2) is 0 Å². The minimum absolute atomic E-state index is 0.450. The van der Waals surface area contributed by atoms with E-state index >= 15 is 0 Å². The van der Waals surface area contributed by atoms with Gasteiger partial charge in [0.25, 0.3) is 0 Å². The molecule has 6 heteroatoms. The first-order valence-corrected chi connectivity index (χ1v) is 7.69. The number of hydrogen-bond acceptors (Lipinski definition) is 2. The van der Waals surface area contributed by atoms with E-state index in [2.05, 4.69) is 28.2 Å². The Morgan fingerprint density at radius 2 is 1.85 bits per heavy atom. The number of anilines is 1. The molecule has 20 heavy (non-hydrogen) atoms. The quantitative estimate of drug-likeness (QED) is 0.733. The molecular weight excluding hydrogens is 351 g/mol. The first-order chi connectivity index (χ1) is 9.40. The number of benzene rings is 1. The first kappa shape index (κ1) is 15.4. The zero-order valence-corrected chi connectivity index (χ0v) is 13.1. The lowest BCUT2D eigenvalue weighted by Gasteiger charge is -2.12. The van der Waals surface area contributed by atoms with E-state index in [0.717, 1.165) is 23.4 Å². The summed E-state index contributed by atoms with van der Waals surface area (Å²) in [5, 5.41) is 3.04. The highest BCUT2D eigenvalue weighted by atomic mass is 79.9. The Balaban J connectivity index is 2.12. The number of hydrogen-bond donors (Lipinski definition) is 1. The van der Waals surface area contributed by atoms with Crippen molar-refractivity contribution in [3.05, 3.63) is 50.1 Å². The normalized spacial score (nSPS) is 11.7. The van der Waals surface area contributed by atoms with E-state index in [9.17, 15) is 13.2 Å². The Labute approximate surface area is 128 Å². The summed E-state index contributed by atoms with van der Waals surface area (Å²) in [6.07, 6.45) is -3.35. The molecule has 0 aliphatic heterocycles. The average molecular weight is 364 g/mol. The molecule has 0 aliphatic rings. The van der Waals surface area contributed by atoms with Crippen LogP contribution in [0.25, 0.3) is 0 Å². The Kier molecular flexibility index (Phi) is 4.75. The summed E-state index contributed by atoms with van der Waals surface area (Å²) in [5.74, 6) is 0. The van der Waals surface area contributed by atoms with Crippen molar-refractivity contribution in [2.24, 2.45) is 0 Å².